The van der Waals surface area contributed by atoms with E-state index in [2.05, 4.69) is 21.3 Å². The molecule has 0 radical (unpaired) electrons. The molecule has 3 aromatic rings. The van der Waals surface area contributed by atoms with Gasteiger partial charge >= 0.3 is 0 Å². The summed E-state index contributed by atoms with van der Waals surface area (Å²) in [6.07, 6.45) is 1.76. The zero-order valence-corrected chi connectivity index (χ0v) is 15.8. The molecule has 6 nitrogen and oxygen atoms in total. The molecule has 2 aromatic heterocycles. The predicted octanol–water partition coefficient (Wildman–Crippen LogP) is 2.23. The van der Waals surface area contributed by atoms with Crippen molar-refractivity contribution in [3.05, 3.63) is 63.5 Å². The van der Waals surface area contributed by atoms with E-state index in [1.807, 2.05) is 37.7 Å². The zero-order valence-electron chi connectivity index (χ0n) is 14.9. The maximum Gasteiger partial charge on any atom is 0.262 e. The molecule has 2 heterocycles. The Morgan fingerprint density at radius 2 is 2.00 bits per heavy atom. The van der Waals surface area contributed by atoms with Crippen LogP contribution in [0.25, 0.3) is 10.2 Å². The van der Waals surface area contributed by atoms with Crippen LogP contribution in [0.2, 0.25) is 0 Å². The molecule has 0 aliphatic carbocycles. The summed E-state index contributed by atoms with van der Waals surface area (Å²) in [5.74, 6) is -0.0815. The van der Waals surface area contributed by atoms with Crippen molar-refractivity contribution < 1.29 is 4.79 Å². The number of benzene rings is 1. The van der Waals surface area contributed by atoms with Crippen molar-refractivity contribution in [1.82, 2.24) is 19.8 Å². The Hall–Kier alpha value is -2.51. The van der Waals surface area contributed by atoms with E-state index in [9.17, 15) is 9.59 Å². The highest BCUT2D eigenvalue weighted by molar-refractivity contribution is 7.16. The quantitative estimate of drug-likeness (QED) is 0.693. The van der Waals surface area contributed by atoms with Crippen molar-refractivity contribution in [3.8, 4) is 0 Å². The first-order valence-corrected chi connectivity index (χ1v) is 9.33. The van der Waals surface area contributed by atoms with E-state index in [0.717, 1.165) is 16.9 Å². The zero-order chi connectivity index (χ0) is 18.5. The fraction of sp³-hybridized carbons (Fsp3) is 0.316. The molecule has 0 bridgehead atoms. The van der Waals surface area contributed by atoms with E-state index in [1.165, 1.54) is 27.8 Å². The van der Waals surface area contributed by atoms with Gasteiger partial charge in [0.05, 0.1) is 11.7 Å². The van der Waals surface area contributed by atoms with E-state index in [0.29, 0.717) is 18.5 Å². The second kappa shape index (κ2) is 8.25. The van der Waals surface area contributed by atoms with Crippen LogP contribution in [0.1, 0.15) is 17.5 Å². The fourth-order valence-corrected chi connectivity index (χ4v) is 3.51. The molecular weight excluding hydrogens is 348 g/mol. The number of hydrogen-bond acceptors (Lipinski definition) is 5. The maximum absolute atomic E-state index is 12.3. The number of hydrogen-bond donors (Lipinski definition) is 1. The van der Waals surface area contributed by atoms with Crippen molar-refractivity contribution in [1.29, 1.82) is 0 Å². The van der Waals surface area contributed by atoms with Gasteiger partial charge in [-0.3, -0.25) is 14.2 Å². The second-order valence-electron chi connectivity index (χ2n) is 6.42. The van der Waals surface area contributed by atoms with Crippen LogP contribution in [0.5, 0.6) is 0 Å². The number of carbonyl (C=O) groups excluding carboxylic acids is 1. The van der Waals surface area contributed by atoms with Gasteiger partial charge in [-0.25, -0.2) is 4.98 Å². The number of aromatic nitrogens is 2. The average molecular weight is 370 g/mol. The molecule has 7 heteroatoms. The minimum absolute atomic E-state index is 0.0815. The normalized spacial score (nSPS) is 11.2. The van der Waals surface area contributed by atoms with Crippen LogP contribution in [-0.2, 0) is 24.4 Å². The minimum atomic E-state index is -0.0969. The van der Waals surface area contributed by atoms with Gasteiger partial charge in [0, 0.05) is 26.1 Å². The molecule has 136 valence electrons. The number of nitrogens with zero attached hydrogens (tertiary/aromatic N) is 3. The molecule has 0 aliphatic rings. The monoisotopic (exact) mass is 370 g/mol. The molecule has 0 unspecified atom stereocenters. The molecule has 1 N–H and O–H groups in total. The van der Waals surface area contributed by atoms with E-state index in [1.54, 1.807) is 6.07 Å². The molecule has 0 saturated heterocycles. The molecule has 0 aliphatic heterocycles. The summed E-state index contributed by atoms with van der Waals surface area (Å²) < 4.78 is 1.49. The first-order chi connectivity index (χ1) is 12.5. The molecule has 0 atom stereocenters. The van der Waals surface area contributed by atoms with Gasteiger partial charge in [-0.1, -0.05) is 24.3 Å². The largest absolute Gasteiger partial charge is 0.352 e. The van der Waals surface area contributed by atoms with Gasteiger partial charge < -0.3 is 10.2 Å². The van der Waals surface area contributed by atoms with Gasteiger partial charge in [0.1, 0.15) is 4.83 Å². The van der Waals surface area contributed by atoms with Gasteiger partial charge in [-0.2, -0.15) is 0 Å². The topological polar surface area (TPSA) is 67.2 Å². The van der Waals surface area contributed by atoms with Crippen LogP contribution in [0.4, 0.5) is 0 Å². The highest BCUT2D eigenvalue weighted by Gasteiger charge is 2.08. The second-order valence-corrected chi connectivity index (χ2v) is 7.31. The van der Waals surface area contributed by atoms with Crippen molar-refractivity contribution in [2.45, 2.75) is 26.1 Å². The van der Waals surface area contributed by atoms with Crippen LogP contribution in [0, 0.1) is 0 Å². The molecule has 1 amide bonds. The van der Waals surface area contributed by atoms with Gasteiger partial charge in [0.2, 0.25) is 5.91 Å². The highest BCUT2D eigenvalue weighted by Crippen LogP contribution is 2.13. The smallest absolute Gasteiger partial charge is 0.262 e. The van der Waals surface area contributed by atoms with Crippen LogP contribution in [0.15, 0.2) is 46.8 Å². The number of carbonyl (C=O) groups is 1. The lowest BCUT2D eigenvalue weighted by molar-refractivity contribution is -0.121. The first kappa shape index (κ1) is 18.3. The fourth-order valence-electron chi connectivity index (χ4n) is 2.78. The third kappa shape index (κ3) is 4.36. The summed E-state index contributed by atoms with van der Waals surface area (Å²) in [5, 5.41) is 5.40. The number of nitrogens with one attached hydrogen (secondary N) is 1. The van der Waals surface area contributed by atoms with Gasteiger partial charge in [-0.05, 0) is 36.7 Å². The Balaban J connectivity index is 1.58. The summed E-state index contributed by atoms with van der Waals surface area (Å²) in [5.41, 5.74) is 2.20. The van der Waals surface area contributed by atoms with E-state index < -0.39 is 0 Å². The Morgan fingerprint density at radius 3 is 2.77 bits per heavy atom. The van der Waals surface area contributed by atoms with E-state index >= 15 is 0 Å². The number of amides is 1. The lowest BCUT2D eigenvalue weighted by Gasteiger charge is -2.14. The SMILES string of the molecule is CN(C)Cc1ccccc1CNC(=O)CCn1cnc2sccc2c1=O. The van der Waals surface area contributed by atoms with Gasteiger partial charge in [0.15, 0.2) is 0 Å². The van der Waals surface area contributed by atoms with Gasteiger partial charge in [-0.15, -0.1) is 11.3 Å². The molecule has 26 heavy (non-hydrogen) atoms. The molecule has 3 rings (SSSR count). The third-order valence-electron chi connectivity index (χ3n) is 4.11. The number of thiophene rings is 1. The molecule has 0 saturated carbocycles. The molecular formula is C19H22N4O2S. The Morgan fingerprint density at radius 1 is 1.23 bits per heavy atom. The average Bonchev–Trinajstić information content (AvgIpc) is 3.09. The summed E-state index contributed by atoms with van der Waals surface area (Å²) in [6.45, 7) is 1.64. The summed E-state index contributed by atoms with van der Waals surface area (Å²) in [7, 11) is 4.04. The Kier molecular flexibility index (Phi) is 5.80. The van der Waals surface area contributed by atoms with Crippen LogP contribution in [0.3, 0.4) is 0 Å². The lowest BCUT2D eigenvalue weighted by Crippen LogP contribution is -2.27. The lowest BCUT2D eigenvalue weighted by atomic mass is 10.1. The molecule has 1 aromatic carbocycles. The van der Waals surface area contributed by atoms with Crippen LogP contribution >= 0.6 is 11.3 Å². The minimum Gasteiger partial charge on any atom is -0.352 e. The number of rotatable bonds is 7. The highest BCUT2D eigenvalue weighted by atomic mass is 32.1. The molecule has 0 spiro atoms. The number of fused-ring (bicyclic) bond motifs is 1. The van der Waals surface area contributed by atoms with Crippen molar-refractivity contribution in [3.63, 3.8) is 0 Å². The van der Waals surface area contributed by atoms with Crippen LogP contribution < -0.4 is 10.9 Å². The Bertz CT molecular complexity index is 961. The number of aryl methyl sites for hydroxylation is 1. The van der Waals surface area contributed by atoms with E-state index in [4.69, 9.17) is 0 Å². The standard InChI is InChI=1S/C19H22N4O2S/c1-22(2)12-15-6-4-3-5-14(15)11-20-17(24)7-9-23-13-21-18-16(19(23)25)8-10-26-18/h3-6,8,10,13H,7,9,11-12H2,1-2H3,(H,20,24). The van der Waals surface area contributed by atoms with Gasteiger partial charge in [0.25, 0.3) is 5.56 Å². The summed E-state index contributed by atoms with van der Waals surface area (Å²) in [6, 6.07) is 9.85. The third-order valence-corrected chi connectivity index (χ3v) is 4.93. The Labute approximate surface area is 156 Å². The first-order valence-electron chi connectivity index (χ1n) is 8.45. The van der Waals surface area contributed by atoms with Crippen molar-refractivity contribution >= 4 is 27.5 Å². The van der Waals surface area contributed by atoms with Crippen LogP contribution in [-0.4, -0.2) is 34.5 Å². The van der Waals surface area contributed by atoms with Crippen molar-refractivity contribution in [2.24, 2.45) is 0 Å². The maximum atomic E-state index is 12.3. The molecule has 0 fully saturated rings. The predicted molar refractivity (Wildman–Crippen MR) is 104 cm³/mol. The summed E-state index contributed by atoms with van der Waals surface area (Å²) in [4.78, 5) is 31.6. The summed E-state index contributed by atoms with van der Waals surface area (Å²) >= 11 is 1.44. The van der Waals surface area contributed by atoms with E-state index in [-0.39, 0.29) is 17.9 Å². The van der Waals surface area contributed by atoms with Crippen molar-refractivity contribution in [2.75, 3.05) is 14.1 Å².